The second-order valence-corrected chi connectivity index (χ2v) is 5.26. The number of nitrogens with one attached hydrogen (secondary N) is 1. The maximum atomic E-state index is 11.8. The molecule has 0 spiro atoms. The lowest BCUT2D eigenvalue weighted by molar-refractivity contribution is 0.102. The first-order valence-corrected chi connectivity index (χ1v) is 6.76. The van der Waals surface area contributed by atoms with Gasteiger partial charge >= 0.3 is 0 Å². The summed E-state index contributed by atoms with van der Waals surface area (Å²) in [7, 11) is 0. The molecule has 0 aliphatic carbocycles. The van der Waals surface area contributed by atoms with Crippen LogP contribution in [-0.4, -0.2) is 10.9 Å². The molecule has 0 radical (unpaired) electrons. The van der Waals surface area contributed by atoms with Crippen molar-refractivity contribution in [1.82, 2.24) is 4.98 Å². The molecule has 2 heterocycles. The quantitative estimate of drug-likeness (QED) is 0.910. The Hall–Kier alpha value is -1.20. The number of hydrogen-bond donors (Lipinski definition) is 1. The highest BCUT2D eigenvalue weighted by Gasteiger charge is 2.09. The van der Waals surface area contributed by atoms with E-state index in [9.17, 15) is 4.79 Å². The third-order valence-corrected chi connectivity index (χ3v) is 4.06. The molecule has 5 heteroatoms. The molecule has 3 nitrogen and oxygen atoms in total. The fourth-order valence-electron chi connectivity index (χ4n) is 1.27. The zero-order valence-corrected chi connectivity index (χ0v) is 10.7. The van der Waals surface area contributed by atoms with E-state index >= 15 is 0 Å². The maximum absolute atomic E-state index is 11.8. The molecule has 0 aliphatic rings. The third kappa shape index (κ3) is 2.48. The van der Waals surface area contributed by atoms with Gasteiger partial charge in [0.25, 0.3) is 5.91 Å². The van der Waals surface area contributed by atoms with Crippen molar-refractivity contribution in [2.75, 3.05) is 5.32 Å². The molecule has 16 heavy (non-hydrogen) atoms. The first-order chi connectivity index (χ1) is 7.69. The number of carbonyl (C=O) groups is 1. The Bertz CT molecular complexity index is 502. The van der Waals surface area contributed by atoms with Crippen molar-refractivity contribution < 1.29 is 4.79 Å². The standard InChI is InChI=1S/C11H12N2OS2/c1-3-9-4-8(6-15-9)10(14)13-11-12-7(2)5-16-11/h4-6H,3H2,1-2H3,(H,12,13,14). The average molecular weight is 252 g/mol. The van der Waals surface area contributed by atoms with E-state index in [0.717, 1.165) is 17.7 Å². The fourth-order valence-corrected chi connectivity index (χ4v) is 2.76. The summed E-state index contributed by atoms with van der Waals surface area (Å²) in [4.78, 5) is 17.2. The van der Waals surface area contributed by atoms with Crippen molar-refractivity contribution in [3.05, 3.63) is 33.0 Å². The smallest absolute Gasteiger partial charge is 0.258 e. The zero-order chi connectivity index (χ0) is 11.5. The lowest BCUT2D eigenvalue weighted by Gasteiger charge is -1.97. The van der Waals surface area contributed by atoms with E-state index < -0.39 is 0 Å². The summed E-state index contributed by atoms with van der Waals surface area (Å²) < 4.78 is 0. The van der Waals surface area contributed by atoms with Crippen molar-refractivity contribution in [2.45, 2.75) is 20.3 Å². The van der Waals surface area contributed by atoms with Gasteiger partial charge < -0.3 is 0 Å². The Labute approximate surface area is 102 Å². The predicted octanol–water partition coefficient (Wildman–Crippen LogP) is 3.33. The summed E-state index contributed by atoms with van der Waals surface area (Å²) in [5.74, 6) is -0.0784. The highest BCUT2D eigenvalue weighted by Crippen LogP contribution is 2.19. The molecule has 0 fully saturated rings. The van der Waals surface area contributed by atoms with Gasteiger partial charge in [-0.3, -0.25) is 10.1 Å². The number of amides is 1. The van der Waals surface area contributed by atoms with Gasteiger partial charge in [0.05, 0.1) is 11.3 Å². The van der Waals surface area contributed by atoms with Crippen molar-refractivity contribution in [1.29, 1.82) is 0 Å². The largest absolute Gasteiger partial charge is 0.298 e. The number of rotatable bonds is 3. The normalized spacial score (nSPS) is 10.4. The van der Waals surface area contributed by atoms with Crippen LogP contribution in [0.3, 0.4) is 0 Å². The van der Waals surface area contributed by atoms with Gasteiger partial charge in [-0.1, -0.05) is 6.92 Å². The Morgan fingerprint density at radius 2 is 2.25 bits per heavy atom. The van der Waals surface area contributed by atoms with Crippen LogP contribution in [0.2, 0.25) is 0 Å². The van der Waals surface area contributed by atoms with Crippen LogP contribution in [0.5, 0.6) is 0 Å². The van der Waals surface area contributed by atoms with Crippen LogP contribution >= 0.6 is 22.7 Å². The van der Waals surface area contributed by atoms with Gasteiger partial charge in [-0.2, -0.15) is 0 Å². The maximum Gasteiger partial charge on any atom is 0.258 e. The van der Waals surface area contributed by atoms with E-state index in [4.69, 9.17) is 0 Å². The van der Waals surface area contributed by atoms with Gasteiger partial charge in [0, 0.05) is 15.6 Å². The number of nitrogens with zero attached hydrogens (tertiary/aromatic N) is 1. The summed E-state index contributed by atoms with van der Waals surface area (Å²) in [6.07, 6.45) is 0.967. The van der Waals surface area contributed by atoms with Crippen LogP contribution in [0.4, 0.5) is 5.13 Å². The number of thiazole rings is 1. The molecule has 2 aromatic heterocycles. The molecule has 0 aliphatic heterocycles. The molecule has 1 N–H and O–H groups in total. The second-order valence-electron chi connectivity index (χ2n) is 3.40. The van der Waals surface area contributed by atoms with Crippen LogP contribution < -0.4 is 5.32 Å². The Morgan fingerprint density at radius 1 is 1.44 bits per heavy atom. The van der Waals surface area contributed by atoms with Crippen molar-refractivity contribution in [3.8, 4) is 0 Å². The minimum atomic E-state index is -0.0784. The minimum absolute atomic E-state index is 0.0784. The van der Waals surface area contributed by atoms with E-state index in [1.807, 2.05) is 23.8 Å². The molecule has 84 valence electrons. The summed E-state index contributed by atoms with van der Waals surface area (Å²) in [6, 6.07) is 1.93. The lowest BCUT2D eigenvalue weighted by Crippen LogP contribution is -2.10. The van der Waals surface area contributed by atoms with Gasteiger partial charge in [0.1, 0.15) is 0 Å². The first-order valence-electron chi connectivity index (χ1n) is 5.00. The van der Waals surface area contributed by atoms with Crippen LogP contribution in [0.25, 0.3) is 0 Å². The van der Waals surface area contributed by atoms with Crippen LogP contribution in [0.1, 0.15) is 27.9 Å². The topological polar surface area (TPSA) is 42.0 Å². The first kappa shape index (κ1) is 11.3. The predicted molar refractivity (Wildman–Crippen MR) is 68.5 cm³/mol. The summed E-state index contributed by atoms with van der Waals surface area (Å²) in [6.45, 7) is 3.99. The number of aromatic nitrogens is 1. The molecule has 1 amide bonds. The highest BCUT2D eigenvalue weighted by molar-refractivity contribution is 7.14. The van der Waals surface area contributed by atoms with Crippen molar-refractivity contribution in [2.24, 2.45) is 0 Å². The van der Waals surface area contributed by atoms with E-state index in [1.54, 1.807) is 11.3 Å². The van der Waals surface area contributed by atoms with Crippen molar-refractivity contribution >= 4 is 33.7 Å². The highest BCUT2D eigenvalue weighted by atomic mass is 32.1. The fraction of sp³-hybridized carbons (Fsp3) is 0.273. The molecule has 0 aromatic carbocycles. The number of aryl methyl sites for hydroxylation is 2. The minimum Gasteiger partial charge on any atom is -0.298 e. The average Bonchev–Trinajstić information content (AvgIpc) is 2.87. The molecule has 2 aromatic rings. The molecule has 0 bridgehead atoms. The zero-order valence-electron chi connectivity index (χ0n) is 9.11. The number of anilines is 1. The van der Waals surface area contributed by atoms with Gasteiger partial charge in [-0.25, -0.2) is 4.98 Å². The van der Waals surface area contributed by atoms with Gasteiger partial charge in [0.15, 0.2) is 5.13 Å². The molecule has 2 rings (SSSR count). The second kappa shape index (κ2) is 4.76. The monoisotopic (exact) mass is 252 g/mol. The van der Waals surface area contributed by atoms with E-state index in [1.165, 1.54) is 16.2 Å². The van der Waals surface area contributed by atoms with Gasteiger partial charge in [-0.15, -0.1) is 22.7 Å². The SMILES string of the molecule is CCc1cc(C(=O)Nc2nc(C)cs2)cs1. The summed E-state index contributed by atoms with van der Waals surface area (Å²) in [5, 5.41) is 7.25. The van der Waals surface area contributed by atoms with Gasteiger partial charge in [0.2, 0.25) is 0 Å². The van der Waals surface area contributed by atoms with E-state index in [0.29, 0.717) is 5.13 Å². The lowest BCUT2D eigenvalue weighted by atomic mass is 10.3. The number of thiophene rings is 1. The molecular weight excluding hydrogens is 240 g/mol. The molecule has 0 unspecified atom stereocenters. The number of carbonyl (C=O) groups excluding carboxylic acids is 1. The summed E-state index contributed by atoms with van der Waals surface area (Å²) >= 11 is 3.06. The van der Waals surface area contributed by atoms with E-state index in [2.05, 4.69) is 17.2 Å². The number of hydrogen-bond acceptors (Lipinski definition) is 4. The van der Waals surface area contributed by atoms with Crippen molar-refractivity contribution in [3.63, 3.8) is 0 Å². The molecule has 0 saturated heterocycles. The van der Waals surface area contributed by atoms with Gasteiger partial charge in [-0.05, 0) is 19.4 Å². The van der Waals surface area contributed by atoms with Crippen LogP contribution in [0.15, 0.2) is 16.8 Å². The Kier molecular flexibility index (Phi) is 3.36. The third-order valence-electron chi connectivity index (χ3n) is 2.10. The Balaban J connectivity index is 2.08. The molecular formula is C11H12N2OS2. The van der Waals surface area contributed by atoms with Crippen LogP contribution in [-0.2, 0) is 6.42 Å². The molecule has 0 atom stereocenters. The molecule has 0 saturated carbocycles. The van der Waals surface area contributed by atoms with E-state index in [-0.39, 0.29) is 5.91 Å². The Morgan fingerprint density at radius 3 is 2.81 bits per heavy atom. The summed E-state index contributed by atoms with van der Waals surface area (Å²) in [5.41, 5.74) is 1.65. The van der Waals surface area contributed by atoms with Crippen LogP contribution in [0, 0.1) is 6.92 Å².